The topological polar surface area (TPSA) is 66.8 Å². The molecule has 1 aliphatic heterocycles. The highest BCUT2D eigenvalue weighted by atomic mass is 16.5. The van der Waals surface area contributed by atoms with Gasteiger partial charge in [-0.2, -0.15) is 0 Å². The van der Waals surface area contributed by atoms with E-state index >= 15 is 0 Å². The van der Waals surface area contributed by atoms with E-state index in [9.17, 15) is 9.59 Å². The number of Topliss-reactive ketones (excluding diaryl/α,β-unsaturated/α-hetero) is 1. The van der Waals surface area contributed by atoms with Crippen molar-refractivity contribution in [3.05, 3.63) is 52.8 Å². The SMILES string of the molecule is Cc1cc(C(=O)COC(=O)c2ccc(OCC3CCCO3)cc2)c(C)n1C(C)C. The smallest absolute Gasteiger partial charge is 0.338 e. The molecule has 1 fully saturated rings. The molecule has 1 aliphatic rings. The third-order valence-corrected chi connectivity index (χ3v) is 5.19. The summed E-state index contributed by atoms with van der Waals surface area (Å²) in [6, 6.07) is 8.85. The number of ether oxygens (including phenoxy) is 3. The average molecular weight is 399 g/mol. The summed E-state index contributed by atoms with van der Waals surface area (Å²) in [7, 11) is 0. The van der Waals surface area contributed by atoms with Gasteiger partial charge >= 0.3 is 5.97 Å². The Hall–Kier alpha value is -2.60. The molecule has 0 radical (unpaired) electrons. The van der Waals surface area contributed by atoms with Gasteiger partial charge in [-0.25, -0.2) is 4.79 Å². The summed E-state index contributed by atoms with van der Waals surface area (Å²) in [6.45, 7) is 9.05. The van der Waals surface area contributed by atoms with E-state index in [2.05, 4.69) is 18.4 Å². The average Bonchev–Trinajstić information content (AvgIpc) is 3.32. The van der Waals surface area contributed by atoms with E-state index in [1.807, 2.05) is 19.9 Å². The third kappa shape index (κ3) is 5.07. The maximum atomic E-state index is 12.5. The minimum atomic E-state index is -0.526. The predicted octanol–water partition coefficient (Wildman–Crippen LogP) is 4.28. The van der Waals surface area contributed by atoms with Crippen molar-refractivity contribution >= 4 is 11.8 Å². The van der Waals surface area contributed by atoms with E-state index < -0.39 is 5.97 Å². The number of nitrogens with zero attached hydrogens (tertiary/aromatic N) is 1. The molecule has 1 unspecified atom stereocenters. The zero-order valence-electron chi connectivity index (χ0n) is 17.6. The molecule has 1 atom stereocenters. The van der Waals surface area contributed by atoms with Crippen LogP contribution in [0.1, 0.15) is 64.8 Å². The quantitative estimate of drug-likeness (QED) is 0.489. The number of carbonyl (C=O) groups excluding carboxylic acids is 2. The van der Waals surface area contributed by atoms with Crippen LogP contribution < -0.4 is 4.74 Å². The first-order valence-corrected chi connectivity index (χ1v) is 10.1. The Morgan fingerprint density at radius 2 is 1.93 bits per heavy atom. The van der Waals surface area contributed by atoms with E-state index in [1.54, 1.807) is 24.3 Å². The van der Waals surface area contributed by atoms with Crippen LogP contribution in [0.25, 0.3) is 0 Å². The summed E-state index contributed by atoms with van der Waals surface area (Å²) in [4.78, 5) is 24.8. The number of carbonyl (C=O) groups is 2. The lowest BCUT2D eigenvalue weighted by atomic mass is 10.1. The minimum absolute atomic E-state index is 0.142. The van der Waals surface area contributed by atoms with Crippen molar-refractivity contribution in [2.45, 2.75) is 52.7 Å². The lowest BCUT2D eigenvalue weighted by Crippen LogP contribution is -2.16. The maximum absolute atomic E-state index is 12.5. The highest BCUT2D eigenvalue weighted by Gasteiger charge is 2.19. The van der Waals surface area contributed by atoms with Crippen LogP contribution in [0.5, 0.6) is 5.75 Å². The Bertz CT molecular complexity index is 860. The Kier molecular flexibility index (Phi) is 6.75. The van der Waals surface area contributed by atoms with E-state index in [-0.39, 0.29) is 24.5 Å². The van der Waals surface area contributed by atoms with Gasteiger partial charge < -0.3 is 18.8 Å². The number of esters is 1. The van der Waals surface area contributed by atoms with Gasteiger partial charge in [0.05, 0.1) is 11.7 Å². The van der Waals surface area contributed by atoms with Gasteiger partial charge in [0.15, 0.2) is 6.61 Å². The molecule has 2 heterocycles. The summed E-state index contributed by atoms with van der Waals surface area (Å²) in [5, 5.41) is 0. The Balaban J connectivity index is 1.53. The molecular formula is C23H29NO5. The van der Waals surface area contributed by atoms with E-state index in [4.69, 9.17) is 14.2 Å². The zero-order chi connectivity index (χ0) is 21.0. The van der Waals surface area contributed by atoms with Gasteiger partial charge in [-0.15, -0.1) is 0 Å². The highest BCUT2D eigenvalue weighted by molar-refractivity contribution is 6.00. The van der Waals surface area contributed by atoms with Crippen LogP contribution in [0.3, 0.4) is 0 Å². The van der Waals surface area contributed by atoms with Crippen molar-refractivity contribution in [3.8, 4) is 5.75 Å². The van der Waals surface area contributed by atoms with Crippen molar-refractivity contribution < 1.29 is 23.8 Å². The monoisotopic (exact) mass is 399 g/mol. The maximum Gasteiger partial charge on any atom is 0.338 e. The van der Waals surface area contributed by atoms with Crippen LogP contribution in [-0.4, -0.2) is 42.2 Å². The zero-order valence-corrected chi connectivity index (χ0v) is 17.6. The van der Waals surface area contributed by atoms with Gasteiger partial charge in [0, 0.05) is 29.6 Å². The largest absolute Gasteiger partial charge is 0.491 e. The third-order valence-electron chi connectivity index (χ3n) is 5.19. The van der Waals surface area contributed by atoms with Crippen LogP contribution in [0.4, 0.5) is 0 Å². The number of aromatic nitrogens is 1. The number of benzene rings is 1. The molecule has 29 heavy (non-hydrogen) atoms. The van der Waals surface area contributed by atoms with Crippen LogP contribution in [0.2, 0.25) is 0 Å². The molecule has 0 aliphatic carbocycles. The molecule has 6 nitrogen and oxygen atoms in total. The predicted molar refractivity (Wildman–Crippen MR) is 110 cm³/mol. The van der Waals surface area contributed by atoms with E-state index in [0.29, 0.717) is 23.5 Å². The van der Waals surface area contributed by atoms with Gasteiger partial charge in [-0.05, 0) is 70.9 Å². The highest BCUT2D eigenvalue weighted by Crippen LogP contribution is 2.21. The molecule has 0 saturated carbocycles. The molecule has 1 aromatic heterocycles. The van der Waals surface area contributed by atoms with Gasteiger partial charge in [0.1, 0.15) is 12.4 Å². The van der Waals surface area contributed by atoms with Gasteiger partial charge in [0.2, 0.25) is 5.78 Å². The molecule has 6 heteroatoms. The van der Waals surface area contributed by atoms with Crippen molar-refractivity contribution in [1.29, 1.82) is 0 Å². The van der Waals surface area contributed by atoms with Crippen molar-refractivity contribution in [2.24, 2.45) is 0 Å². The number of hydrogen-bond acceptors (Lipinski definition) is 5. The lowest BCUT2D eigenvalue weighted by Gasteiger charge is -2.13. The van der Waals surface area contributed by atoms with E-state index in [0.717, 1.165) is 30.8 Å². The van der Waals surface area contributed by atoms with Crippen LogP contribution in [-0.2, 0) is 9.47 Å². The molecule has 0 spiro atoms. The lowest BCUT2D eigenvalue weighted by molar-refractivity contribution is 0.0474. The first-order valence-electron chi connectivity index (χ1n) is 10.1. The molecule has 2 aromatic rings. The molecule has 0 N–H and O–H groups in total. The Morgan fingerprint density at radius 1 is 1.21 bits per heavy atom. The second kappa shape index (κ2) is 9.27. The molecule has 3 rings (SSSR count). The van der Waals surface area contributed by atoms with Crippen LogP contribution >= 0.6 is 0 Å². The number of hydrogen-bond donors (Lipinski definition) is 0. The fraction of sp³-hybridized carbons (Fsp3) is 0.478. The van der Waals surface area contributed by atoms with E-state index in [1.165, 1.54) is 0 Å². The van der Waals surface area contributed by atoms with Crippen molar-refractivity contribution in [3.63, 3.8) is 0 Å². The summed E-state index contributed by atoms with van der Waals surface area (Å²) in [6.07, 6.45) is 2.22. The summed E-state index contributed by atoms with van der Waals surface area (Å²) in [5.41, 5.74) is 2.90. The Labute approximate surface area is 171 Å². The first kappa shape index (κ1) is 21.1. The normalized spacial score (nSPS) is 16.2. The fourth-order valence-corrected chi connectivity index (χ4v) is 3.80. The second-order valence-corrected chi connectivity index (χ2v) is 7.72. The summed E-state index contributed by atoms with van der Waals surface area (Å²) >= 11 is 0. The van der Waals surface area contributed by atoms with Gasteiger partial charge in [-0.3, -0.25) is 4.79 Å². The van der Waals surface area contributed by atoms with Crippen molar-refractivity contribution in [1.82, 2.24) is 4.57 Å². The molecule has 0 bridgehead atoms. The number of rotatable bonds is 8. The number of aryl methyl sites for hydroxylation is 1. The second-order valence-electron chi connectivity index (χ2n) is 7.72. The fourth-order valence-electron chi connectivity index (χ4n) is 3.80. The van der Waals surface area contributed by atoms with Gasteiger partial charge in [-0.1, -0.05) is 0 Å². The van der Waals surface area contributed by atoms with Crippen LogP contribution in [0, 0.1) is 13.8 Å². The summed E-state index contributed by atoms with van der Waals surface area (Å²) < 4.78 is 18.6. The minimum Gasteiger partial charge on any atom is -0.491 e. The summed E-state index contributed by atoms with van der Waals surface area (Å²) in [5.74, 6) is -0.0502. The van der Waals surface area contributed by atoms with Crippen molar-refractivity contribution in [2.75, 3.05) is 19.8 Å². The van der Waals surface area contributed by atoms with Gasteiger partial charge in [0.25, 0.3) is 0 Å². The molecule has 0 amide bonds. The standard InChI is InChI=1S/C23H29NO5/c1-15(2)24-16(3)12-21(17(24)4)22(25)14-29-23(26)18-7-9-19(10-8-18)28-13-20-6-5-11-27-20/h7-10,12,15,20H,5-6,11,13-14H2,1-4H3. The number of ketones is 1. The first-order chi connectivity index (χ1) is 13.9. The Morgan fingerprint density at radius 3 is 2.52 bits per heavy atom. The van der Waals surface area contributed by atoms with Crippen LogP contribution in [0.15, 0.2) is 30.3 Å². The molecular weight excluding hydrogens is 370 g/mol. The molecule has 1 aromatic carbocycles. The molecule has 1 saturated heterocycles. The molecule has 156 valence electrons.